The zero-order valence-electron chi connectivity index (χ0n) is 31.4. The van der Waals surface area contributed by atoms with E-state index in [1.165, 1.54) is 6.20 Å². The Morgan fingerprint density at radius 3 is 2.58 bits per heavy atom. The number of nitrogens with one attached hydrogen (secondary N) is 2. The molecule has 3 aliphatic rings. The molecular weight excluding hydrogens is 717 g/mol. The molecule has 0 radical (unpaired) electrons. The molecule has 3 fully saturated rings. The number of anilines is 2. The second kappa shape index (κ2) is 16.2. The maximum absolute atomic E-state index is 14.2. The number of halogens is 3. The van der Waals surface area contributed by atoms with Gasteiger partial charge in [-0.05, 0) is 62.8 Å². The smallest absolute Gasteiger partial charge is 0.418 e. The summed E-state index contributed by atoms with van der Waals surface area (Å²) in [5.74, 6) is -0.923. The molecule has 2 N–H and O–H groups in total. The second-order valence-electron chi connectivity index (χ2n) is 15.0. The number of rotatable bonds is 15. The molecule has 16 heteroatoms. The van der Waals surface area contributed by atoms with Gasteiger partial charge >= 0.3 is 12.1 Å². The third-order valence-corrected chi connectivity index (χ3v) is 10.7. The highest BCUT2D eigenvalue weighted by Crippen LogP contribution is 2.46. The minimum Gasteiger partial charge on any atom is -0.464 e. The summed E-state index contributed by atoms with van der Waals surface area (Å²) in [5.41, 5.74) is 2.30. The summed E-state index contributed by atoms with van der Waals surface area (Å²) in [6.07, 6.45) is 4.83. The first-order valence-corrected chi connectivity index (χ1v) is 18.9. The van der Waals surface area contributed by atoms with Crippen molar-refractivity contribution in [1.82, 2.24) is 29.8 Å². The Balaban J connectivity index is 1.10. The van der Waals surface area contributed by atoms with Gasteiger partial charge in [-0.2, -0.15) is 18.2 Å². The minimum atomic E-state index is -4.56. The van der Waals surface area contributed by atoms with Gasteiger partial charge in [0.15, 0.2) is 5.65 Å². The van der Waals surface area contributed by atoms with Gasteiger partial charge in [0.05, 0.1) is 42.0 Å². The van der Waals surface area contributed by atoms with E-state index in [2.05, 4.69) is 40.0 Å². The summed E-state index contributed by atoms with van der Waals surface area (Å²) in [5, 5.41) is 2.79. The monoisotopic (exact) mass is 764 g/mol. The van der Waals surface area contributed by atoms with Crippen molar-refractivity contribution in [2.24, 2.45) is 5.41 Å². The van der Waals surface area contributed by atoms with Gasteiger partial charge in [0.25, 0.3) is 5.91 Å². The molecular formula is C39H47F3N8O5. The number of amides is 1. The Bertz CT molecular complexity index is 2000. The molecule has 0 bridgehead atoms. The van der Waals surface area contributed by atoms with Crippen LogP contribution in [-0.2, 0) is 31.7 Å². The van der Waals surface area contributed by atoms with Crippen LogP contribution < -0.4 is 10.2 Å². The summed E-state index contributed by atoms with van der Waals surface area (Å²) in [6, 6.07) is 6.37. The molecule has 1 aliphatic heterocycles. The molecule has 1 saturated heterocycles. The van der Waals surface area contributed by atoms with Gasteiger partial charge < -0.3 is 24.1 Å². The quantitative estimate of drug-likeness (QED) is 0.130. The predicted molar refractivity (Wildman–Crippen MR) is 199 cm³/mol. The number of pyridine rings is 3. The SMILES string of the molecule is CCOC(=O)CO[C@H]1CCN(Cc2ccc(C(=O)Nc3nc4nc(-c5cnc(C6CC6)c(C(F)(F)F)c5)cc(N(C)CC5(COC)CCCC5)c4[nH]3)nc2)C1. The zero-order chi connectivity index (χ0) is 38.7. The van der Waals surface area contributed by atoms with E-state index in [0.29, 0.717) is 62.6 Å². The van der Waals surface area contributed by atoms with E-state index in [1.807, 2.05) is 13.1 Å². The number of hydrogen-bond donors (Lipinski definition) is 2. The fraction of sp³-hybridized carbons (Fsp3) is 0.538. The van der Waals surface area contributed by atoms with Crippen LogP contribution in [0.4, 0.5) is 24.8 Å². The number of fused-ring (bicyclic) bond motifs is 1. The molecule has 4 aromatic heterocycles. The van der Waals surface area contributed by atoms with Crippen molar-refractivity contribution in [3.8, 4) is 11.3 Å². The number of alkyl halides is 3. The number of methoxy groups -OCH3 is 1. The van der Waals surface area contributed by atoms with E-state index in [9.17, 15) is 22.8 Å². The topological polar surface area (TPSA) is 148 Å². The fourth-order valence-corrected chi connectivity index (χ4v) is 7.92. The summed E-state index contributed by atoms with van der Waals surface area (Å²) in [4.78, 5) is 50.4. The van der Waals surface area contributed by atoms with E-state index in [-0.39, 0.29) is 58.6 Å². The first-order valence-electron chi connectivity index (χ1n) is 18.9. The average Bonchev–Trinajstić information content (AvgIpc) is 3.51. The van der Waals surface area contributed by atoms with Gasteiger partial charge in [0, 0.05) is 69.6 Å². The van der Waals surface area contributed by atoms with Crippen LogP contribution in [0.5, 0.6) is 0 Å². The van der Waals surface area contributed by atoms with Crippen molar-refractivity contribution in [2.45, 2.75) is 76.6 Å². The zero-order valence-corrected chi connectivity index (χ0v) is 31.4. The normalized spacial score (nSPS) is 18.5. The molecule has 2 saturated carbocycles. The Kier molecular flexibility index (Phi) is 11.4. The summed E-state index contributed by atoms with van der Waals surface area (Å²) < 4.78 is 59.0. The van der Waals surface area contributed by atoms with Crippen molar-refractivity contribution >= 4 is 34.7 Å². The third kappa shape index (κ3) is 9.08. The lowest BCUT2D eigenvalue weighted by molar-refractivity contribution is -0.150. The lowest BCUT2D eigenvalue weighted by Gasteiger charge is -2.34. The van der Waals surface area contributed by atoms with Crippen LogP contribution in [-0.4, -0.2) is 101 Å². The van der Waals surface area contributed by atoms with Crippen LogP contribution in [0.25, 0.3) is 22.4 Å². The number of aromatic amines is 1. The number of H-pyrrole nitrogens is 1. The van der Waals surface area contributed by atoms with E-state index in [1.54, 1.807) is 32.4 Å². The largest absolute Gasteiger partial charge is 0.464 e. The highest BCUT2D eigenvalue weighted by Gasteiger charge is 2.40. The van der Waals surface area contributed by atoms with Crippen molar-refractivity contribution in [1.29, 1.82) is 0 Å². The maximum atomic E-state index is 14.2. The van der Waals surface area contributed by atoms with E-state index in [0.717, 1.165) is 50.3 Å². The van der Waals surface area contributed by atoms with Crippen LogP contribution in [0.2, 0.25) is 0 Å². The molecule has 1 amide bonds. The van der Waals surface area contributed by atoms with E-state index < -0.39 is 17.6 Å². The molecule has 5 heterocycles. The minimum absolute atomic E-state index is 0.0619. The Morgan fingerprint density at radius 1 is 1.09 bits per heavy atom. The molecule has 4 aromatic rings. The molecule has 55 heavy (non-hydrogen) atoms. The number of hydrogen-bond acceptors (Lipinski definition) is 11. The van der Waals surface area contributed by atoms with Gasteiger partial charge in [-0.15, -0.1) is 0 Å². The molecule has 294 valence electrons. The van der Waals surface area contributed by atoms with Gasteiger partial charge in [-0.3, -0.25) is 25.0 Å². The second-order valence-corrected chi connectivity index (χ2v) is 15.0. The fourth-order valence-electron chi connectivity index (χ4n) is 7.92. The van der Waals surface area contributed by atoms with Crippen molar-refractivity contribution in [3.63, 3.8) is 0 Å². The predicted octanol–water partition coefficient (Wildman–Crippen LogP) is 6.36. The van der Waals surface area contributed by atoms with Crippen LogP contribution in [0.3, 0.4) is 0 Å². The number of ether oxygens (including phenoxy) is 3. The first kappa shape index (κ1) is 38.6. The average molecular weight is 765 g/mol. The molecule has 7 rings (SSSR count). The molecule has 2 aliphatic carbocycles. The highest BCUT2D eigenvalue weighted by atomic mass is 19.4. The van der Waals surface area contributed by atoms with Crippen LogP contribution in [0.1, 0.15) is 85.1 Å². The Morgan fingerprint density at radius 2 is 1.89 bits per heavy atom. The number of carbonyl (C=O) groups excluding carboxylic acids is 2. The van der Waals surface area contributed by atoms with Gasteiger partial charge in [-0.25, -0.2) is 9.78 Å². The summed E-state index contributed by atoms with van der Waals surface area (Å²) in [7, 11) is 3.63. The molecule has 13 nitrogen and oxygen atoms in total. The highest BCUT2D eigenvalue weighted by molar-refractivity contribution is 6.03. The van der Waals surface area contributed by atoms with Crippen molar-refractivity contribution in [2.75, 3.05) is 63.8 Å². The van der Waals surface area contributed by atoms with Crippen molar-refractivity contribution < 1.29 is 37.0 Å². The summed E-state index contributed by atoms with van der Waals surface area (Å²) >= 11 is 0. The van der Waals surface area contributed by atoms with Gasteiger partial charge in [0.1, 0.15) is 17.8 Å². The molecule has 0 spiro atoms. The number of imidazole rings is 1. The third-order valence-electron chi connectivity index (χ3n) is 10.7. The van der Waals surface area contributed by atoms with Crippen LogP contribution in [0.15, 0.2) is 36.7 Å². The van der Waals surface area contributed by atoms with Gasteiger partial charge in [-0.1, -0.05) is 18.9 Å². The number of aromatic nitrogens is 5. The summed E-state index contributed by atoms with van der Waals surface area (Å²) in [6.45, 7) is 5.30. The van der Waals surface area contributed by atoms with Crippen LogP contribution in [0, 0.1) is 5.41 Å². The Labute approximate surface area is 317 Å². The molecule has 0 aromatic carbocycles. The molecule has 1 atom stereocenters. The van der Waals surface area contributed by atoms with Crippen LogP contribution >= 0.6 is 0 Å². The number of nitrogens with zero attached hydrogens (tertiary/aromatic N) is 6. The lowest BCUT2D eigenvalue weighted by Crippen LogP contribution is -2.37. The Hall–Kier alpha value is -4.67. The number of carbonyl (C=O) groups is 2. The number of esters is 1. The first-order chi connectivity index (χ1) is 26.4. The van der Waals surface area contributed by atoms with E-state index >= 15 is 0 Å². The lowest BCUT2D eigenvalue weighted by atomic mass is 9.86. The standard InChI is InChI=1S/C39H47F3N8O5/c1-4-54-32(51)21-55-27-11-14-50(20-27)19-24-7-10-29(43-17-24)36(52)48-37-46-34-31(49(2)22-38(23-53-3)12-5-6-13-38)16-30(45-35(34)47-37)26-15-28(39(40,41)42)33(44-18-26)25-8-9-25/h7,10,15-18,25,27H,4-6,8-9,11-14,19-23H2,1-3H3,(H2,45,46,47,48,52)/t27-/m0/s1. The van der Waals surface area contributed by atoms with Crippen molar-refractivity contribution in [3.05, 3.63) is 59.2 Å². The maximum Gasteiger partial charge on any atom is 0.418 e. The van der Waals surface area contributed by atoms with E-state index in [4.69, 9.17) is 14.2 Å². The van der Waals surface area contributed by atoms with Gasteiger partial charge in [0.2, 0.25) is 5.95 Å². The number of likely N-dealkylation sites (tertiary alicyclic amines) is 1. The molecule has 0 unspecified atom stereocenters.